The molecule has 0 atom stereocenters. The van der Waals surface area contributed by atoms with Crippen molar-refractivity contribution in [1.29, 1.82) is 0 Å². The minimum atomic E-state index is -0.236. The second kappa shape index (κ2) is 5.41. The second-order valence-electron chi connectivity index (χ2n) is 5.00. The quantitative estimate of drug-likeness (QED) is 0.725. The first kappa shape index (κ1) is 12.8. The standard InChI is InChI=1S/C16H16FN3/c1-12-9-14(3-2-7-20-8-6-18-11-20)19-16-10-13(17)4-5-15(12)16/h4-6,8-11H,2-3,7H2,1H3. The van der Waals surface area contributed by atoms with Gasteiger partial charge >= 0.3 is 0 Å². The molecule has 20 heavy (non-hydrogen) atoms. The lowest BCUT2D eigenvalue weighted by Gasteiger charge is -2.07. The summed E-state index contributed by atoms with van der Waals surface area (Å²) < 4.78 is 15.3. The van der Waals surface area contributed by atoms with Crippen LogP contribution in [0.2, 0.25) is 0 Å². The number of imidazole rings is 1. The molecule has 3 aromatic rings. The summed E-state index contributed by atoms with van der Waals surface area (Å²) >= 11 is 0. The van der Waals surface area contributed by atoms with E-state index in [1.165, 1.54) is 12.1 Å². The van der Waals surface area contributed by atoms with Crippen LogP contribution in [0.5, 0.6) is 0 Å². The molecule has 2 aromatic heterocycles. The van der Waals surface area contributed by atoms with Crippen LogP contribution < -0.4 is 0 Å². The van der Waals surface area contributed by atoms with E-state index >= 15 is 0 Å². The van der Waals surface area contributed by atoms with Gasteiger partial charge < -0.3 is 4.57 Å². The Labute approximate surface area is 117 Å². The number of benzene rings is 1. The predicted molar refractivity (Wildman–Crippen MR) is 77.0 cm³/mol. The highest BCUT2D eigenvalue weighted by Gasteiger charge is 2.04. The maximum atomic E-state index is 13.3. The molecule has 0 aliphatic heterocycles. The Morgan fingerprint density at radius 3 is 2.95 bits per heavy atom. The molecule has 3 rings (SSSR count). The van der Waals surface area contributed by atoms with E-state index in [1.54, 1.807) is 12.3 Å². The second-order valence-corrected chi connectivity index (χ2v) is 5.00. The number of aromatic nitrogens is 3. The fourth-order valence-electron chi connectivity index (χ4n) is 2.44. The number of halogens is 1. The molecule has 0 spiro atoms. The third kappa shape index (κ3) is 2.69. The van der Waals surface area contributed by atoms with Crippen molar-refractivity contribution in [2.45, 2.75) is 26.3 Å². The number of rotatable bonds is 4. The summed E-state index contributed by atoms with van der Waals surface area (Å²) in [6.45, 7) is 2.96. The number of fused-ring (bicyclic) bond motifs is 1. The Bertz CT molecular complexity index is 720. The largest absolute Gasteiger partial charge is 0.337 e. The number of nitrogens with zero attached hydrogens (tertiary/aromatic N) is 3. The monoisotopic (exact) mass is 269 g/mol. The van der Waals surface area contributed by atoms with Crippen molar-refractivity contribution >= 4 is 10.9 Å². The zero-order valence-electron chi connectivity index (χ0n) is 11.4. The van der Waals surface area contributed by atoms with Crippen molar-refractivity contribution in [3.8, 4) is 0 Å². The Kier molecular flexibility index (Phi) is 3.46. The van der Waals surface area contributed by atoms with Crippen LogP contribution in [0.15, 0.2) is 43.0 Å². The van der Waals surface area contributed by atoms with Gasteiger partial charge in [-0.1, -0.05) is 0 Å². The molecular weight excluding hydrogens is 253 g/mol. The van der Waals surface area contributed by atoms with Crippen LogP contribution in [0.1, 0.15) is 17.7 Å². The topological polar surface area (TPSA) is 30.7 Å². The molecule has 3 nitrogen and oxygen atoms in total. The van der Waals surface area contributed by atoms with Gasteiger partial charge in [0.15, 0.2) is 0 Å². The molecule has 0 bridgehead atoms. The van der Waals surface area contributed by atoms with Gasteiger partial charge in [-0.15, -0.1) is 0 Å². The normalized spacial score (nSPS) is 11.1. The summed E-state index contributed by atoms with van der Waals surface area (Å²) in [4.78, 5) is 8.57. The van der Waals surface area contributed by atoms with Gasteiger partial charge in [-0.3, -0.25) is 4.98 Å². The van der Waals surface area contributed by atoms with Crippen molar-refractivity contribution in [1.82, 2.24) is 14.5 Å². The van der Waals surface area contributed by atoms with Crippen LogP contribution in [0.4, 0.5) is 4.39 Å². The predicted octanol–water partition coefficient (Wildman–Crippen LogP) is 3.51. The number of aryl methyl sites for hydroxylation is 3. The van der Waals surface area contributed by atoms with Crippen LogP contribution in [0.25, 0.3) is 10.9 Å². The number of hydrogen-bond donors (Lipinski definition) is 0. The molecule has 4 heteroatoms. The van der Waals surface area contributed by atoms with Crippen LogP contribution in [-0.4, -0.2) is 14.5 Å². The van der Waals surface area contributed by atoms with E-state index in [-0.39, 0.29) is 5.82 Å². The average Bonchev–Trinajstić information content (AvgIpc) is 2.91. The first-order valence-corrected chi connectivity index (χ1v) is 6.74. The first-order chi connectivity index (χ1) is 9.72. The SMILES string of the molecule is Cc1cc(CCCn2ccnc2)nc2cc(F)ccc12. The highest BCUT2D eigenvalue weighted by atomic mass is 19.1. The van der Waals surface area contributed by atoms with Crippen LogP contribution in [0.3, 0.4) is 0 Å². The molecule has 0 saturated heterocycles. The van der Waals surface area contributed by atoms with Gasteiger partial charge in [0.05, 0.1) is 11.8 Å². The third-order valence-electron chi connectivity index (χ3n) is 3.44. The van der Waals surface area contributed by atoms with Gasteiger partial charge in [0, 0.05) is 36.1 Å². The zero-order valence-corrected chi connectivity index (χ0v) is 11.4. The lowest BCUT2D eigenvalue weighted by atomic mass is 10.1. The van der Waals surface area contributed by atoms with Gasteiger partial charge in [-0.25, -0.2) is 9.37 Å². The molecule has 0 N–H and O–H groups in total. The molecule has 0 aliphatic rings. The minimum Gasteiger partial charge on any atom is -0.337 e. The fraction of sp³-hybridized carbons (Fsp3) is 0.250. The summed E-state index contributed by atoms with van der Waals surface area (Å²) in [7, 11) is 0. The van der Waals surface area contributed by atoms with Gasteiger partial charge in [0.25, 0.3) is 0 Å². The summed E-state index contributed by atoms with van der Waals surface area (Å²) in [6, 6.07) is 6.87. The zero-order chi connectivity index (χ0) is 13.9. The molecule has 0 fully saturated rings. The van der Waals surface area contributed by atoms with Crippen LogP contribution in [0, 0.1) is 12.7 Å². The van der Waals surface area contributed by atoms with Crippen molar-refractivity contribution in [3.05, 3.63) is 60.1 Å². The highest BCUT2D eigenvalue weighted by Crippen LogP contribution is 2.19. The van der Waals surface area contributed by atoms with Crippen molar-refractivity contribution in [2.75, 3.05) is 0 Å². The average molecular weight is 269 g/mol. The smallest absolute Gasteiger partial charge is 0.125 e. The van der Waals surface area contributed by atoms with E-state index in [4.69, 9.17) is 0 Å². The van der Waals surface area contributed by atoms with E-state index in [0.717, 1.165) is 41.5 Å². The summed E-state index contributed by atoms with van der Waals surface area (Å²) in [6.07, 6.45) is 7.42. The summed E-state index contributed by atoms with van der Waals surface area (Å²) in [5, 5.41) is 1.02. The van der Waals surface area contributed by atoms with E-state index in [0.29, 0.717) is 0 Å². The lowest BCUT2D eigenvalue weighted by Crippen LogP contribution is -1.99. The molecule has 0 amide bonds. The van der Waals surface area contributed by atoms with E-state index in [2.05, 4.69) is 16.0 Å². The molecule has 0 radical (unpaired) electrons. The van der Waals surface area contributed by atoms with Crippen molar-refractivity contribution in [2.24, 2.45) is 0 Å². The Morgan fingerprint density at radius 1 is 1.25 bits per heavy atom. The van der Waals surface area contributed by atoms with Crippen molar-refractivity contribution in [3.63, 3.8) is 0 Å². The number of pyridine rings is 1. The maximum absolute atomic E-state index is 13.3. The van der Waals surface area contributed by atoms with Crippen LogP contribution >= 0.6 is 0 Å². The number of hydrogen-bond acceptors (Lipinski definition) is 2. The van der Waals surface area contributed by atoms with Gasteiger partial charge in [0.2, 0.25) is 0 Å². The van der Waals surface area contributed by atoms with Gasteiger partial charge in [-0.05, 0) is 43.5 Å². The Morgan fingerprint density at radius 2 is 2.15 bits per heavy atom. The summed E-state index contributed by atoms with van der Waals surface area (Å²) in [5.74, 6) is -0.236. The van der Waals surface area contributed by atoms with Crippen molar-refractivity contribution < 1.29 is 4.39 Å². The molecule has 0 unspecified atom stereocenters. The minimum absolute atomic E-state index is 0.236. The first-order valence-electron chi connectivity index (χ1n) is 6.74. The summed E-state index contributed by atoms with van der Waals surface area (Å²) in [5.41, 5.74) is 2.90. The third-order valence-corrected chi connectivity index (χ3v) is 3.44. The fourth-order valence-corrected chi connectivity index (χ4v) is 2.44. The molecule has 0 aliphatic carbocycles. The maximum Gasteiger partial charge on any atom is 0.125 e. The molecule has 2 heterocycles. The highest BCUT2D eigenvalue weighted by molar-refractivity contribution is 5.82. The molecular formula is C16H16FN3. The van der Waals surface area contributed by atoms with Gasteiger partial charge in [-0.2, -0.15) is 0 Å². The Balaban J connectivity index is 1.77. The van der Waals surface area contributed by atoms with E-state index < -0.39 is 0 Å². The van der Waals surface area contributed by atoms with Gasteiger partial charge in [0.1, 0.15) is 5.82 Å². The molecule has 0 saturated carbocycles. The lowest BCUT2D eigenvalue weighted by molar-refractivity contribution is 0.628. The molecule has 1 aromatic carbocycles. The Hall–Kier alpha value is -2.23. The molecule has 102 valence electrons. The van der Waals surface area contributed by atoms with E-state index in [1.807, 2.05) is 24.0 Å². The van der Waals surface area contributed by atoms with Crippen LogP contribution in [-0.2, 0) is 13.0 Å². The van der Waals surface area contributed by atoms with E-state index in [9.17, 15) is 4.39 Å².